The first kappa shape index (κ1) is 16.6. The summed E-state index contributed by atoms with van der Waals surface area (Å²) in [6.07, 6.45) is 2.23. The van der Waals surface area contributed by atoms with Crippen LogP contribution in [0.2, 0.25) is 0 Å². The van der Waals surface area contributed by atoms with Crippen molar-refractivity contribution in [2.75, 3.05) is 23.9 Å². The van der Waals surface area contributed by atoms with Crippen LogP contribution in [0.4, 0.5) is 10.5 Å². The van der Waals surface area contributed by atoms with Crippen molar-refractivity contribution in [3.8, 4) is 0 Å². The number of carbonyl (C=O) groups is 2. The van der Waals surface area contributed by atoms with E-state index >= 15 is 0 Å². The van der Waals surface area contributed by atoms with Gasteiger partial charge in [-0.2, -0.15) is 0 Å². The number of halogens is 1. The van der Waals surface area contributed by atoms with E-state index in [1.165, 1.54) is 6.07 Å². The summed E-state index contributed by atoms with van der Waals surface area (Å²) in [5, 5.41) is 14.1. The summed E-state index contributed by atoms with van der Waals surface area (Å²) in [6.45, 7) is 0.410. The second-order valence-electron chi connectivity index (χ2n) is 4.01. The largest absolute Gasteiger partial charge is 0.478 e. The Hall–Kier alpha value is -1.41. The molecule has 1 aromatic carbocycles. The van der Waals surface area contributed by atoms with Crippen LogP contribution in [-0.4, -0.2) is 39.9 Å². The Bertz CT molecular complexity index is 536. The van der Waals surface area contributed by atoms with E-state index in [9.17, 15) is 13.8 Å². The Balaban J connectivity index is 2.52. The first-order valence-electron chi connectivity index (χ1n) is 5.78. The highest BCUT2D eigenvalue weighted by atomic mass is 79.9. The first-order valence-corrected chi connectivity index (χ1v) is 8.30. The summed E-state index contributed by atoms with van der Waals surface area (Å²) in [4.78, 5) is 22.5. The van der Waals surface area contributed by atoms with Crippen LogP contribution < -0.4 is 10.6 Å². The van der Waals surface area contributed by atoms with E-state index in [0.29, 0.717) is 28.9 Å². The van der Waals surface area contributed by atoms with Gasteiger partial charge in [-0.3, -0.25) is 4.21 Å². The monoisotopic (exact) mass is 362 g/mol. The van der Waals surface area contributed by atoms with Crippen molar-refractivity contribution in [1.82, 2.24) is 5.32 Å². The SMILES string of the molecule is CS(=O)CCCNC(=O)Nc1ccc(Br)c(C(=O)O)c1. The van der Waals surface area contributed by atoms with Gasteiger partial charge in [-0.05, 0) is 40.5 Å². The average Bonchev–Trinajstić information content (AvgIpc) is 2.36. The number of benzene rings is 1. The second-order valence-corrected chi connectivity index (χ2v) is 6.42. The van der Waals surface area contributed by atoms with Gasteiger partial charge in [0.1, 0.15) is 0 Å². The number of amides is 2. The lowest BCUT2D eigenvalue weighted by Crippen LogP contribution is -2.30. The van der Waals surface area contributed by atoms with E-state index in [0.717, 1.165) is 0 Å². The number of hydrogen-bond acceptors (Lipinski definition) is 3. The number of carboxylic acid groups (broad SMARTS) is 1. The van der Waals surface area contributed by atoms with Gasteiger partial charge in [0.25, 0.3) is 0 Å². The summed E-state index contributed by atoms with van der Waals surface area (Å²) in [6, 6.07) is 4.09. The molecule has 0 bridgehead atoms. The lowest BCUT2D eigenvalue weighted by Gasteiger charge is -2.08. The predicted octanol–water partition coefficient (Wildman–Crippen LogP) is 2.04. The molecule has 0 fully saturated rings. The maximum absolute atomic E-state index is 11.6. The zero-order valence-electron chi connectivity index (χ0n) is 10.8. The molecule has 3 N–H and O–H groups in total. The maximum Gasteiger partial charge on any atom is 0.336 e. The highest BCUT2D eigenvalue weighted by Gasteiger charge is 2.10. The molecule has 20 heavy (non-hydrogen) atoms. The fraction of sp³-hybridized carbons (Fsp3) is 0.333. The fourth-order valence-electron chi connectivity index (χ4n) is 1.42. The molecule has 0 spiro atoms. The molecule has 1 atom stereocenters. The molecule has 0 aliphatic rings. The molecule has 6 nitrogen and oxygen atoms in total. The van der Waals surface area contributed by atoms with E-state index in [1.807, 2.05) is 0 Å². The zero-order valence-corrected chi connectivity index (χ0v) is 13.2. The van der Waals surface area contributed by atoms with Crippen LogP contribution >= 0.6 is 15.9 Å². The number of urea groups is 1. The van der Waals surface area contributed by atoms with Crippen LogP contribution in [0.1, 0.15) is 16.8 Å². The van der Waals surface area contributed by atoms with Crippen molar-refractivity contribution >= 4 is 44.4 Å². The average molecular weight is 363 g/mol. The van der Waals surface area contributed by atoms with Crippen molar-refractivity contribution < 1.29 is 18.9 Å². The van der Waals surface area contributed by atoms with E-state index < -0.39 is 22.8 Å². The second kappa shape index (κ2) is 8.01. The van der Waals surface area contributed by atoms with Crippen LogP contribution in [0, 0.1) is 0 Å². The van der Waals surface area contributed by atoms with E-state index in [4.69, 9.17) is 5.11 Å². The minimum Gasteiger partial charge on any atom is -0.478 e. The van der Waals surface area contributed by atoms with E-state index in [1.54, 1.807) is 18.4 Å². The maximum atomic E-state index is 11.6. The van der Waals surface area contributed by atoms with Gasteiger partial charge in [-0.25, -0.2) is 9.59 Å². The van der Waals surface area contributed by atoms with Crippen LogP contribution in [0.3, 0.4) is 0 Å². The summed E-state index contributed by atoms with van der Waals surface area (Å²) < 4.78 is 11.3. The summed E-state index contributed by atoms with van der Waals surface area (Å²) in [7, 11) is -0.871. The van der Waals surface area contributed by atoms with Crippen molar-refractivity contribution in [3.63, 3.8) is 0 Å². The third kappa shape index (κ3) is 5.70. The molecule has 0 aliphatic carbocycles. The Labute approximate surface area is 127 Å². The molecule has 0 saturated heterocycles. The molecular formula is C12H15BrN2O4S. The third-order valence-electron chi connectivity index (χ3n) is 2.35. The molecule has 2 amide bonds. The van der Waals surface area contributed by atoms with Gasteiger partial charge in [0.05, 0.1) is 5.56 Å². The molecule has 8 heteroatoms. The molecule has 1 unspecified atom stereocenters. The highest BCUT2D eigenvalue weighted by molar-refractivity contribution is 9.10. The normalized spacial score (nSPS) is 11.7. The number of nitrogens with one attached hydrogen (secondary N) is 2. The Morgan fingerprint density at radius 1 is 1.40 bits per heavy atom. The molecule has 110 valence electrons. The van der Waals surface area contributed by atoms with Crippen molar-refractivity contribution in [3.05, 3.63) is 28.2 Å². The number of carboxylic acids is 1. The van der Waals surface area contributed by atoms with Crippen LogP contribution in [0.25, 0.3) is 0 Å². The van der Waals surface area contributed by atoms with Crippen LogP contribution in [-0.2, 0) is 10.8 Å². The molecule has 1 rings (SSSR count). The van der Waals surface area contributed by atoms with Crippen molar-refractivity contribution in [1.29, 1.82) is 0 Å². The molecule has 0 saturated carbocycles. The van der Waals surface area contributed by atoms with Crippen molar-refractivity contribution in [2.24, 2.45) is 0 Å². The molecule has 0 heterocycles. The lowest BCUT2D eigenvalue weighted by molar-refractivity contribution is 0.0696. The van der Waals surface area contributed by atoms with Gasteiger partial charge >= 0.3 is 12.0 Å². The molecule has 0 aromatic heterocycles. The van der Waals surface area contributed by atoms with Crippen LogP contribution in [0.5, 0.6) is 0 Å². The minimum absolute atomic E-state index is 0.0733. The third-order valence-corrected chi connectivity index (χ3v) is 3.90. The van der Waals surface area contributed by atoms with Gasteiger partial charge in [0.2, 0.25) is 0 Å². The lowest BCUT2D eigenvalue weighted by atomic mass is 10.2. The Morgan fingerprint density at radius 2 is 2.10 bits per heavy atom. The zero-order chi connectivity index (χ0) is 15.1. The van der Waals surface area contributed by atoms with Crippen molar-refractivity contribution in [2.45, 2.75) is 6.42 Å². The van der Waals surface area contributed by atoms with Gasteiger partial charge in [0, 0.05) is 39.5 Å². The number of carbonyl (C=O) groups excluding carboxylic acids is 1. The smallest absolute Gasteiger partial charge is 0.336 e. The summed E-state index contributed by atoms with van der Waals surface area (Å²) >= 11 is 3.12. The number of hydrogen-bond donors (Lipinski definition) is 3. The standard InChI is InChI=1S/C12H15BrN2O4S/c1-20(19)6-2-5-14-12(18)15-8-3-4-10(13)9(7-8)11(16)17/h3-4,7H,2,5-6H2,1H3,(H,16,17)(H2,14,15,18). The molecule has 1 aromatic rings. The minimum atomic E-state index is -1.08. The van der Waals surface area contributed by atoms with Gasteiger partial charge < -0.3 is 15.7 Å². The molecular weight excluding hydrogens is 348 g/mol. The predicted molar refractivity (Wildman–Crippen MR) is 81.7 cm³/mol. The Morgan fingerprint density at radius 3 is 2.70 bits per heavy atom. The van der Waals surface area contributed by atoms with E-state index in [2.05, 4.69) is 26.6 Å². The quantitative estimate of drug-likeness (QED) is 0.674. The van der Waals surface area contributed by atoms with E-state index in [-0.39, 0.29) is 5.56 Å². The topological polar surface area (TPSA) is 95.5 Å². The first-order chi connectivity index (χ1) is 9.40. The molecule has 0 aliphatic heterocycles. The Kier molecular flexibility index (Phi) is 6.66. The van der Waals surface area contributed by atoms with Crippen LogP contribution in [0.15, 0.2) is 22.7 Å². The summed E-state index contributed by atoms with van der Waals surface area (Å²) in [5.74, 6) is -0.548. The fourth-order valence-corrected chi connectivity index (χ4v) is 2.39. The van der Waals surface area contributed by atoms with Gasteiger partial charge in [0.15, 0.2) is 0 Å². The number of anilines is 1. The summed E-state index contributed by atoms with van der Waals surface area (Å²) in [5.41, 5.74) is 0.464. The van der Waals surface area contributed by atoms with Gasteiger partial charge in [-0.15, -0.1) is 0 Å². The highest BCUT2D eigenvalue weighted by Crippen LogP contribution is 2.21. The number of aromatic carboxylic acids is 1. The molecule has 0 radical (unpaired) electrons. The number of rotatable bonds is 6. The van der Waals surface area contributed by atoms with Gasteiger partial charge in [-0.1, -0.05) is 0 Å².